The van der Waals surface area contributed by atoms with Crippen molar-refractivity contribution in [3.05, 3.63) is 29.3 Å². The van der Waals surface area contributed by atoms with Crippen LogP contribution >= 0.6 is 0 Å². The van der Waals surface area contributed by atoms with E-state index in [0.29, 0.717) is 0 Å². The molecule has 16 heavy (non-hydrogen) atoms. The first-order valence-corrected chi connectivity index (χ1v) is 5.90. The van der Waals surface area contributed by atoms with E-state index in [0.717, 1.165) is 38.3 Å². The number of nitrogens with two attached hydrogens (primary N) is 1. The third-order valence-electron chi connectivity index (χ3n) is 3.24. The van der Waals surface area contributed by atoms with Crippen LogP contribution in [0.25, 0.3) is 0 Å². The molecule has 0 spiro atoms. The van der Waals surface area contributed by atoms with Gasteiger partial charge in [-0.3, -0.25) is 4.90 Å². The fourth-order valence-corrected chi connectivity index (χ4v) is 2.23. The molecule has 0 aliphatic carbocycles. The minimum absolute atomic E-state index is 0.963. The molecule has 2 N–H and O–H groups in total. The molecule has 1 aromatic carbocycles. The Morgan fingerprint density at radius 1 is 1.38 bits per heavy atom. The van der Waals surface area contributed by atoms with Crippen LogP contribution in [0.5, 0.6) is 0 Å². The number of rotatable bonds is 3. The highest BCUT2D eigenvalue weighted by molar-refractivity contribution is 5.51. The SMILES string of the molecule is CN(C)CCN1CCc2c(N)cccc2C1. The van der Waals surface area contributed by atoms with Crippen molar-refractivity contribution in [2.45, 2.75) is 13.0 Å². The van der Waals surface area contributed by atoms with Crippen LogP contribution in [0.2, 0.25) is 0 Å². The Hall–Kier alpha value is -1.06. The van der Waals surface area contributed by atoms with E-state index in [1.807, 2.05) is 6.07 Å². The summed E-state index contributed by atoms with van der Waals surface area (Å²) in [5.74, 6) is 0. The maximum absolute atomic E-state index is 5.98. The highest BCUT2D eigenvalue weighted by Crippen LogP contribution is 2.23. The third kappa shape index (κ3) is 2.54. The van der Waals surface area contributed by atoms with Crippen LogP contribution in [0.4, 0.5) is 5.69 Å². The molecule has 0 unspecified atom stereocenters. The van der Waals surface area contributed by atoms with Crippen LogP contribution in [0, 0.1) is 0 Å². The lowest BCUT2D eigenvalue weighted by molar-refractivity contribution is 0.225. The smallest absolute Gasteiger partial charge is 0.0350 e. The quantitative estimate of drug-likeness (QED) is 0.775. The van der Waals surface area contributed by atoms with Gasteiger partial charge in [0.25, 0.3) is 0 Å². The van der Waals surface area contributed by atoms with E-state index in [9.17, 15) is 0 Å². The lowest BCUT2D eigenvalue weighted by atomic mass is 9.98. The predicted octanol–water partition coefficient (Wildman–Crippen LogP) is 1.19. The van der Waals surface area contributed by atoms with Crippen LogP contribution in [0.1, 0.15) is 11.1 Å². The number of hydrogen-bond donors (Lipinski definition) is 1. The third-order valence-corrected chi connectivity index (χ3v) is 3.24. The Labute approximate surface area is 97.8 Å². The van der Waals surface area contributed by atoms with Gasteiger partial charge >= 0.3 is 0 Å². The van der Waals surface area contributed by atoms with Gasteiger partial charge in [0.05, 0.1) is 0 Å². The average Bonchev–Trinajstić information content (AvgIpc) is 2.26. The maximum atomic E-state index is 5.98. The van der Waals surface area contributed by atoms with E-state index < -0.39 is 0 Å². The van der Waals surface area contributed by atoms with Crippen molar-refractivity contribution >= 4 is 5.69 Å². The fourth-order valence-electron chi connectivity index (χ4n) is 2.23. The minimum atomic E-state index is 0.963. The summed E-state index contributed by atoms with van der Waals surface area (Å²) in [6.45, 7) is 4.45. The van der Waals surface area contributed by atoms with E-state index in [-0.39, 0.29) is 0 Å². The summed E-state index contributed by atoms with van der Waals surface area (Å²) in [5, 5.41) is 0. The first-order valence-electron chi connectivity index (χ1n) is 5.90. The van der Waals surface area contributed by atoms with Crippen LogP contribution in [0.15, 0.2) is 18.2 Å². The number of fused-ring (bicyclic) bond motifs is 1. The molecule has 0 saturated carbocycles. The van der Waals surface area contributed by atoms with Gasteiger partial charge in [-0.25, -0.2) is 0 Å². The van der Waals surface area contributed by atoms with Gasteiger partial charge < -0.3 is 10.6 Å². The molecular formula is C13H21N3. The van der Waals surface area contributed by atoms with Crippen molar-refractivity contribution in [1.29, 1.82) is 0 Å². The zero-order valence-electron chi connectivity index (χ0n) is 10.2. The molecule has 0 atom stereocenters. The summed E-state index contributed by atoms with van der Waals surface area (Å²) >= 11 is 0. The van der Waals surface area contributed by atoms with E-state index in [4.69, 9.17) is 5.73 Å². The number of nitrogens with zero attached hydrogens (tertiary/aromatic N) is 2. The Morgan fingerprint density at radius 3 is 2.94 bits per heavy atom. The van der Waals surface area contributed by atoms with Crippen molar-refractivity contribution < 1.29 is 0 Å². The molecule has 1 aliphatic rings. The minimum Gasteiger partial charge on any atom is -0.398 e. The molecule has 1 aliphatic heterocycles. The number of nitrogen functional groups attached to an aromatic ring is 1. The van der Waals surface area contributed by atoms with Crippen molar-refractivity contribution in [2.75, 3.05) is 39.5 Å². The van der Waals surface area contributed by atoms with Crippen LogP contribution in [0.3, 0.4) is 0 Å². The van der Waals surface area contributed by atoms with Crippen molar-refractivity contribution in [2.24, 2.45) is 0 Å². The molecule has 0 bridgehead atoms. The number of likely N-dealkylation sites (N-methyl/N-ethyl adjacent to an activating group) is 1. The molecule has 0 fully saturated rings. The fraction of sp³-hybridized carbons (Fsp3) is 0.538. The van der Waals surface area contributed by atoms with E-state index in [1.165, 1.54) is 11.1 Å². The van der Waals surface area contributed by atoms with Gasteiger partial charge in [0.2, 0.25) is 0 Å². The Balaban J connectivity index is 2.01. The van der Waals surface area contributed by atoms with Gasteiger partial charge in [-0.15, -0.1) is 0 Å². The molecule has 3 nitrogen and oxygen atoms in total. The van der Waals surface area contributed by atoms with Crippen LogP contribution in [-0.4, -0.2) is 43.5 Å². The lowest BCUT2D eigenvalue weighted by Gasteiger charge is -2.30. The molecule has 1 heterocycles. The van der Waals surface area contributed by atoms with Crippen molar-refractivity contribution in [3.8, 4) is 0 Å². The summed E-state index contributed by atoms with van der Waals surface area (Å²) in [7, 11) is 4.24. The molecule has 0 saturated heterocycles. The summed E-state index contributed by atoms with van der Waals surface area (Å²) in [5.41, 5.74) is 9.72. The summed E-state index contributed by atoms with van der Waals surface area (Å²) < 4.78 is 0. The van der Waals surface area contributed by atoms with Gasteiger partial charge in [-0.2, -0.15) is 0 Å². The maximum Gasteiger partial charge on any atom is 0.0350 e. The molecule has 2 rings (SSSR count). The van der Waals surface area contributed by atoms with Gasteiger partial charge in [-0.05, 0) is 37.7 Å². The molecule has 0 aromatic heterocycles. The van der Waals surface area contributed by atoms with E-state index in [2.05, 4.69) is 36.0 Å². The monoisotopic (exact) mass is 219 g/mol. The standard InChI is InChI=1S/C13H21N3/c1-15(2)8-9-16-7-6-12-11(10-16)4-3-5-13(12)14/h3-5H,6-10,14H2,1-2H3. The zero-order valence-corrected chi connectivity index (χ0v) is 10.2. The molecular weight excluding hydrogens is 198 g/mol. The van der Waals surface area contributed by atoms with E-state index >= 15 is 0 Å². The normalized spacial score (nSPS) is 16.4. The lowest BCUT2D eigenvalue weighted by Crippen LogP contribution is -2.36. The number of anilines is 1. The second-order valence-corrected chi connectivity index (χ2v) is 4.81. The topological polar surface area (TPSA) is 32.5 Å². The van der Waals surface area contributed by atoms with Crippen LogP contribution < -0.4 is 5.73 Å². The second-order valence-electron chi connectivity index (χ2n) is 4.81. The highest BCUT2D eigenvalue weighted by atomic mass is 15.2. The second kappa shape index (κ2) is 4.85. The molecule has 0 amide bonds. The van der Waals surface area contributed by atoms with Gasteiger partial charge in [0.1, 0.15) is 0 Å². The van der Waals surface area contributed by atoms with Gasteiger partial charge in [0, 0.05) is 31.9 Å². The molecule has 3 heteroatoms. The van der Waals surface area contributed by atoms with Crippen molar-refractivity contribution in [1.82, 2.24) is 9.80 Å². The summed E-state index contributed by atoms with van der Waals surface area (Å²) in [6, 6.07) is 6.27. The number of hydrogen-bond acceptors (Lipinski definition) is 3. The predicted molar refractivity (Wildman–Crippen MR) is 68.4 cm³/mol. The number of benzene rings is 1. The van der Waals surface area contributed by atoms with Gasteiger partial charge in [-0.1, -0.05) is 12.1 Å². The van der Waals surface area contributed by atoms with Crippen molar-refractivity contribution in [3.63, 3.8) is 0 Å². The Morgan fingerprint density at radius 2 is 2.19 bits per heavy atom. The zero-order chi connectivity index (χ0) is 11.5. The van der Waals surface area contributed by atoms with E-state index in [1.54, 1.807) is 0 Å². The summed E-state index contributed by atoms with van der Waals surface area (Å²) in [6.07, 6.45) is 1.09. The average molecular weight is 219 g/mol. The summed E-state index contributed by atoms with van der Waals surface area (Å²) in [4.78, 5) is 4.73. The Bertz CT molecular complexity index is 360. The molecule has 1 aromatic rings. The van der Waals surface area contributed by atoms with Crippen LogP contribution in [-0.2, 0) is 13.0 Å². The molecule has 0 radical (unpaired) electrons. The van der Waals surface area contributed by atoms with Gasteiger partial charge in [0.15, 0.2) is 0 Å². The Kier molecular flexibility index (Phi) is 3.46. The first-order chi connectivity index (χ1) is 7.66. The highest BCUT2D eigenvalue weighted by Gasteiger charge is 2.17. The largest absolute Gasteiger partial charge is 0.398 e. The first kappa shape index (κ1) is 11.4. The molecule has 88 valence electrons.